The van der Waals surface area contributed by atoms with Gasteiger partial charge in [-0.2, -0.15) is 4.31 Å². The van der Waals surface area contributed by atoms with Gasteiger partial charge < -0.3 is 14.6 Å². The summed E-state index contributed by atoms with van der Waals surface area (Å²) < 4.78 is 30.5. The van der Waals surface area contributed by atoms with Crippen molar-refractivity contribution >= 4 is 55.6 Å². The van der Waals surface area contributed by atoms with Crippen LogP contribution in [0.3, 0.4) is 0 Å². The van der Waals surface area contributed by atoms with Crippen LogP contribution in [0.15, 0.2) is 59.0 Å². The first-order valence-corrected chi connectivity index (χ1v) is 12.0. The lowest BCUT2D eigenvalue weighted by atomic mass is 10.2. The summed E-state index contributed by atoms with van der Waals surface area (Å²) in [5.74, 6) is -0.261. The van der Waals surface area contributed by atoms with E-state index < -0.39 is 15.9 Å². The molecule has 1 aliphatic rings. The second-order valence-corrected chi connectivity index (χ2v) is 9.61. The summed E-state index contributed by atoms with van der Waals surface area (Å²) in [6.45, 7) is 1.95. The van der Waals surface area contributed by atoms with E-state index >= 15 is 0 Å². The Hall–Kier alpha value is -2.95. The molecule has 1 aromatic heterocycles. The predicted molar refractivity (Wildman–Crippen MR) is 125 cm³/mol. The Morgan fingerprint density at radius 3 is 2.42 bits per heavy atom. The second-order valence-electron chi connectivity index (χ2n) is 7.22. The summed E-state index contributed by atoms with van der Waals surface area (Å²) in [7, 11) is -3.20. The molecule has 0 unspecified atom stereocenters. The maximum absolute atomic E-state index is 12.5. The molecule has 10 heteroatoms. The van der Waals surface area contributed by atoms with Gasteiger partial charge in [-0.05, 0) is 36.5 Å². The normalized spacial score (nSPS) is 15.1. The van der Waals surface area contributed by atoms with Crippen LogP contribution in [0.1, 0.15) is 10.6 Å². The predicted octanol–water partition coefficient (Wildman–Crippen LogP) is 2.64. The number of nitrogens with zero attached hydrogens (tertiary/aromatic N) is 2. The van der Waals surface area contributed by atoms with Crippen LogP contribution in [-0.2, 0) is 10.0 Å². The number of fused-ring (bicyclic) bond motifs is 1. The molecular weight excluding hydrogens is 436 g/mol. The molecule has 0 aliphatic carbocycles. The average Bonchev–Trinajstić information content (AvgIpc) is 3.18. The van der Waals surface area contributed by atoms with E-state index in [9.17, 15) is 13.2 Å². The maximum atomic E-state index is 12.5. The van der Waals surface area contributed by atoms with E-state index in [1.165, 1.54) is 10.6 Å². The van der Waals surface area contributed by atoms with Crippen molar-refractivity contribution in [2.45, 2.75) is 0 Å². The fourth-order valence-electron chi connectivity index (χ4n) is 3.53. The molecule has 4 rings (SSSR count). The van der Waals surface area contributed by atoms with Crippen LogP contribution in [0.25, 0.3) is 11.0 Å². The Morgan fingerprint density at radius 1 is 1.03 bits per heavy atom. The molecular formula is C21H22N4O4S2. The Bertz CT molecular complexity index is 1200. The van der Waals surface area contributed by atoms with Gasteiger partial charge in [0.1, 0.15) is 5.58 Å². The minimum absolute atomic E-state index is 0.146. The van der Waals surface area contributed by atoms with Gasteiger partial charge in [0, 0.05) is 31.6 Å². The molecule has 8 nitrogen and oxygen atoms in total. The van der Waals surface area contributed by atoms with E-state index in [4.69, 9.17) is 16.6 Å². The standard InChI is InChI=1S/C21H22N4O4S2/c1-31(27,28)25-12-10-24(11-13-25)17-8-4-3-7-16(17)22-21(30)23-20(26)19-14-15-6-2-5-9-18(15)29-19/h2-9,14H,10-13H2,1H3,(H2,22,23,26,30). The molecule has 2 aromatic carbocycles. The number of benzene rings is 2. The van der Waals surface area contributed by atoms with Crippen molar-refractivity contribution < 1.29 is 17.6 Å². The van der Waals surface area contributed by atoms with Crippen molar-refractivity contribution in [3.63, 3.8) is 0 Å². The largest absolute Gasteiger partial charge is 0.451 e. The van der Waals surface area contributed by atoms with Crippen LogP contribution in [0.2, 0.25) is 0 Å². The number of rotatable bonds is 4. The number of thiocarbonyl (C=S) groups is 1. The number of nitrogens with one attached hydrogen (secondary N) is 2. The molecule has 0 bridgehead atoms. The number of furan rings is 1. The molecule has 1 saturated heterocycles. The molecule has 0 spiro atoms. The number of hydrogen-bond donors (Lipinski definition) is 2. The molecule has 0 atom stereocenters. The van der Waals surface area contributed by atoms with Gasteiger partial charge in [0.05, 0.1) is 17.6 Å². The fourth-order valence-corrected chi connectivity index (χ4v) is 4.56. The van der Waals surface area contributed by atoms with Crippen molar-refractivity contribution in [2.24, 2.45) is 0 Å². The van der Waals surface area contributed by atoms with Crippen LogP contribution in [0.5, 0.6) is 0 Å². The van der Waals surface area contributed by atoms with Crippen LogP contribution in [0, 0.1) is 0 Å². The number of piperazine rings is 1. The lowest BCUT2D eigenvalue weighted by Gasteiger charge is -2.35. The molecule has 31 heavy (non-hydrogen) atoms. The van der Waals surface area contributed by atoms with Crippen LogP contribution in [0.4, 0.5) is 11.4 Å². The Kier molecular flexibility index (Phi) is 5.94. The molecule has 1 amide bonds. The van der Waals surface area contributed by atoms with E-state index in [1.807, 2.05) is 42.5 Å². The molecule has 2 N–H and O–H groups in total. The van der Waals surface area contributed by atoms with Gasteiger partial charge in [-0.25, -0.2) is 8.42 Å². The highest BCUT2D eigenvalue weighted by atomic mass is 32.2. The van der Waals surface area contributed by atoms with Crippen LogP contribution in [-0.4, -0.2) is 56.2 Å². The molecule has 162 valence electrons. The quantitative estimate of drug-likeness (QED) is 0.581. The monoisotopic (exact) mass is 458 g/mol. The topological polar surface area (TPSA) is 94.9 Å². The Labute approximate surface area is 185 Å². The Balaban J connectivity index is 1.42. The third kappa shape index (κ3) is 4.87. The minimum atomic E-state index is -3.20. The first-order valence-electron chi connectivity index (χ1n) is 9.71. The lowest BCUT2D eigenvalue weighted by Crippen LogP contribution is -2.48. The molecule has 0 saturated carbocycles. The summed E-state index contributed by atoms with van der Waals surface area (Å²) >= 11 is 5.33. The number of carbonyl (C=O) groups excluding carboxylic acids is 1. The van der Waals surface area contributed by atoms with Crippen molar-refractivity contribution in [2.75, 3.05) is 42.7 Å². The fraction of sp³-hybridized carbons (Fsp3) is 0.238. The van der Waals surface area contributed by atoms with E-state index in [0.29, 0.717) is 31.8 Å². The van der Waals surface area contributed by atoms with Gasteiger partial charge in [0.2, 0.25) is 10.0 Å². The summed E-state index contributed by atoms with van der Waals surface area (Å²) in [6, 6.07) is 16.6. The second kappa shape index (κ2) is 8.66. The SMILES string of the molecule is CS(=O)(=O)N1CCN(c2ccccc2NC(=S)NC(=O)c2cc3ccccc3o2)CC1. The van der Waals surface area contributed by atoms with Gasteiger partial charge in [0.15, 0.2) is 10.9 Å². The highest BCUT2D eigenvalue weighted by Crippen LogP contribution is 2.27. The molecule has 2 heterocycles. The van der Waals surface area contributed by atoms with Gasteiger partial charge in [-0.3, -0.25) is 10.1 Å². The van der Waals surface area contributed by atoms with E-state index in [2.05, 4.69) is 15.5 Å². The number of hydrogen-bond acceptors (Lipinski definition) is 6. The number of anilines is 2. The van der Waals surface area contributed by atoms with Crippen LogP contribution >= 0.6 is 12.2 Å². The summed E-state index contributed by atoms with van der Waals surface area (Å²) in [5, 5.41) is 6.70. The zero-order valence-electron chi connectivity index (χ0n) is 16.9. The molecule has 1 fully saturated rings. The maximum Gasteiger partial charge on any atom is 0.293 e. The van der Waals surface area contributed by atoms with Gasteiger partial charge in [-0.1, -0.05) is 30.3 Å². The number of sulfonamides is 1. The van der Waals surface area contributed by atoms with E-state index in [-0.39, 0.29) is 10.9 Å². The Morgan fingerprint density at radius 2 is 1.71 bits per heavy atom. The number of para-hydroxylation sites is 3. The molecule has 1 aliphatic heterocycles. The van der Waals surface area contributed by atoms with Crippen molar-refractivity contribution in [1.82, 2.24) is 9.62 Å². The van der Waals surface area contributed by atoms with Gasteiger partial charge in [0.25, 0.3) is 5.91 Å². The average molecular weight is 459 g/mol. The van der Waals surface area contributed by atoms with E-state index in [0.717, 1.165) is 16.8 Å². The third-order valence-corrected chi connectivity index (χ3v) is 6.58. The highest BCUT2D eigenvalue weighted by Gasteiger charge is 2.24. The molecule has 0 radical (unpaired) electrons. The van der Waals surface area contributed by atoms with Gasteiger partial charge in [-0.15, -0.1) is 0 Å². The van der Waals surface area contributed by atoms with Crippen molar-refractivity contribution in [3.8, 4) is 0 Å². The van der Waals surface area contributed by atoms with Crippen molar-refractivity contribution in [3.05, 3.63) is 60.4 Å². The summed E-state index contributed by atoms with van der Waals surface area (Å²) in [6.07, 6.45) is 1.22. The zero-order valence-corrected chi connectivity index (χ0v) is 18.5. The third-order valence-electron chi connectivity index (χ3n) is 5.08. The number of amides is 1. The summed E-state index contributed by atoms with van der Waals surface area (Å²) in [4.78, 5) is 14.6. The van der Waals surface area contributed by atoms with Crippen LogP contribution < -0.4 is 15.5 Å². The molecule has 3 aromatic rings. The smallest absolute Gasteiger partial charge is 0.293 e. The van der Waals surface area contributed by atoms with E-state index in [1.54, 1.807) is 12.1 Å². The zero-order chi connectivity index (χ0) is 22.0. The summed E-state index contributed by atoms with van der Waals surface area (Å²) in [5.41, 5.74) is 2.24. The highest BCUT2D eigenvalue weighted by molar-refractivity contribution is 7.88. The van der Waals surface area contributed by atoms with Gasteiger partial charge >= 0.3 is 0 Å². The first kappa shape index (κ1) is 21.3. The number of carbonyl (C=O) groups is 1. The first-order chi connectivity index (χ1) is 14.8. The minimum Gasteiger partial charge on any atom is -0.451 e. The van der Waals surface area contributed by atoms with Crippen molar-refractivity contribution in [1.29, 1.82) is 0 Å². The lowest BCUT2D eigenvalue weighted by molar-refractivity contribution is 0.0953.